The number of amides is 2. The van der Waals surface area contributed by atoms with E-state index in [9.17, 15) is 9.59 Å². The molecule has 0 aliphatic carbocycles. The van der Waals surface area contributed by atoms with Gasteiger partial charge in [-0.1, -0.05) is 12.1 Å². The Kier molecular flexibility index (Phi) is 7.42. The molecule has 1 atom stereocenters. The average Bonchev–Trinajstić information content (AvgIpc) is 2.81. The van der Waals surface area contributed by atoms with E-state index in [0.29, 0.717) is 47.5 Å². The topological polar surface area (TPSA) is 104 Å². The number of hydrogen-bond acceptors (Lipinski definition) is 7. The third-order valence-corrected chi connectivity index (χ3v) is 4.66. The number of nitrogens with one attached hydrogen (secondary N) is 2. The second kappa shape index (κ2) is 10.4. The number of carbonyl (C=O) groups excluding carboxylic acids is 2. The Labute approximate surface area is 180 Å². The monoisotopic (exact) mass is 430 g/mol. The van der Waals surface area contributed by atoms with Crippen molar-refractivity contribution in [2.45, 2.75) is 12.5 Å². The van der Waals surface area contributed by atoms with E-state index >= 15 is 0 Å². The van der Waals surface area contributed by atoms with Gasteiger partial charge in [0.25, 0.3) is 5.91 Å². The molecule has 0 aromatic heterocycles. The molecule has 0 unspecified atom stereocenters. The zero-order chi connectivity index (χ0) is 22.2. The summed E-state index contributed by atoms with van der Waals surface area (Å²) in [6.07, 6.45) is -0.145. The fraction of sp³-hybridized carbons (Fsp3) is 0.364. The van der Waals surface area contributed by atoms with E-state index < -0.39 is 0 Å². The van der Waals surface area contributed by atoms with Gasteiger partial charge in [0.1, 0.15) is 12.7 Å². The molecule has 1 aliphatic heterocycles. The summed E-state index contributed by atoms with van der Waals surface area (Å²) in [4.78, 5) is 24.6. The Hall–Kier alpha value is -3.62. The van der Waals surface area contributed by atoms with Crippen LogP contribution in [0.2, 0.25) is 0 Å². The molecule has 9 nitrogen and oxygen atoms in total. The van der Waals surface area contributed by atoms with Gasteiger partial charge >= 0.3 is 0 Å². The van der Waals surface area contributed by atoms with Gasteiger partial charge in [-0.3, -0.25) is 9.59 Å². The minimum Gasteiger partial charge on any atom is -0.493 e. The summed E-state index contributed by atoms with van der Waals surface area (Å²) in [6.45, 7) is 0.843. The number of benzene rings is 2. The fourth-order valence-corrected chi connectivity index (χ4v) is 3.08. The van der Waals surface area contributed by atoms with Gasteiger partial charge in [0, 0.05) is 18.5 Å². The molecular formula is C22H26N2O7. The highest BCUT2D eigenvalue weighted by molar-refractivity contribution is 5.95. The maximum atomic E-state index is 12.5. The van der Waals surface area contributed by atoms with Gasteiger partial charge in [0.05, 0.1) is 27.9 Å². The Balaban J connectivity index is 1.45. The molecule has 2 aromatic rings. The van der Waals surface area contributed by atoms with Crippen LogP contribution in [0.4, 0.5) is 0 Å². The number of carbonyl (C=O) groups is 2. The van der Waals surface area contributed by atoms with Crippen molar-refractivity contribution in [2.24, 2.45) is 0 Å². The van der Waals surface area contributed by atoms with E-state index in [1.807, 2.05) is 24.3 Å². The lowest BCUT2D eigenvalue weighted by Gasteiger charge is -2.26. The molecule has 2 N–H and O–H groups in total. The van der Waals surface area contributed by atoms with Crippen molar-refractivity contribution in [1.29, 1.82) is 0 Å². The molecule has 0 radical (unpaired) electrons. The first-order valence-electron chi connectivity index (χ1n) is 9.79. The van der Waals surface area contributed by atoms with E-state index in [1.54, 1.807) is 12.1 Å². The Morgan fingerprint density at radius 3 is 2.32 bits per heavy atom. The van der Waals surface area contributed by atoms with Crippen LogP contribution in [0.3, 0.4) is 0 Å². The molecule has 0 saturated carbocycles. The standard InChI is InChI=1S/C22H26N2O7/c1-27-18-10-14(11-19(28-2)21(18)29-3)22(26)23-9-8-20(25)24-12-15-13-30-16-6-4-5-7-17(16)31-15/h4-7,10-11,15H,8-9,12-13H2,1-3H3,(H,23,26)(H,24,25)/t15-/m0/s1. The van der Waals surface area contributed by atoms with E-state index in [4.69, 9.17) is 23.7 Å². The summed E-state index contributed by atoms with van der Waals surface area (Å²) in [5.41, 5.74) is 0.335. The van der Waals surface area contributed by atoms with Gasteiger partial charge in [0.2, 0.25) is 11.7 Å². The number of rotatable bonds is 9. The number of ether oxygens (including phenoxy) is 5. The molecule has 2 amide bonds. The lowest BCUT2D eigenvalue weighted by molar-refractivity contribution is -0.121. The fourth-order valence-electron chi connectivity index (χ4n) is 3.08. The second-order valence-electron chi connectivity index (χ2n) is 6.72. The molecule has 166 valence electrons. The van der Waals surface area contributed by atoms with Crippen molar-refractivity contribution in [3.8, 4) is 28.7 Å². The van der Waals surface area contributed by atoms with E-state index in [2.05, 4.69) is 10.6 Å². The van der Waals surface area contributed by atoms with Gasteiger partial charge < -0.3 is 34.3 Å². The molecule has 0 spiro atoms. The van der Waals surface area contributed by atoms with Gasteiger partial charge in [-0.05, 0) is 24.3 Å². The SMILES string of the molecule is COc1cc(C(=O)NCCC(=O)NC[C@H]2COc3ccccc3O2)cc(OC)c1OC. The molecule has 31 heavy (non-hydrogen) atoms. The number of para-hydroxylation sites is 2. The van der Waals surface area contributed by atoms with Crippen LogP contribution < -0.4 is 34.3 Å². The zero-order valence-corrected chi connectivity index (χ0v) is 17.7. The number of methoxy groups -OCH3 is 3. The first-order valence-corrected chi connectivity index (χ1v) is 9.79. The van der Waals surface area contributed by atoms with Crippen LogP contribution in [0.25, 0.3) is 0 Å². The van der Waals surface area contributed by atoms with Gasteiger partial charge in [0.15, 0.2) is 23.0 Å². The Morgan fingerprint density at radius 2 is 1.68 bits per heavy atom. The summed E-state index contributed by atoms with van der Waals surface area (Å²) in [7, 11) is 4.44. The normalized spacial score (nSPS) is 14.4. The molecule has 3 rings (SSSR count). The average molecular weight is 430 g/mol. The Bertz CT molecular complexity index is 907. The van der Waals surface area contributed by atoms with Crippen LogP contribution in [-0.2, 0) is 4.79 Å². The highest BCUT2D eigenvalue weighted by Gasteiger charge is 2.21. The summed E-state index contributed by atoms with van der Waals surface area (Å²) >= 11 is 0. The van der Waals surface area contributed by atoms with E-state index in [-0.39, 0.29) is 30.9 Å². The first-order chi connectivity index (χ1) is 15.0. The highest BCUT2D eigenvalue weighted by Crippen LogP contribution is 2.38. The maximum absolute atomic E-state index is 12.5. The van der Waals surface area contributed by atoms with E-state index in [0.717, 1.165) is 0 Å². The van der Waals surface area contributed by atoms with Crippen LogP contribution in [-0.4, -0.2) is 58.9 Å². The van der Waals surface area contributed by atoms with Crippen molar-refractivity contribution in [1.82, 2.24) is 10.6 Å². The lowest BCUT2D eigenvalue weighted by Crippen LogP contribution is -2.41. The summed E-state index contributed by atoms with van der Waals surface area (Å²) in [5.74, 6) is 1.95. The van der Waals surface area contributed by atoms with Gasteiger partial charge in [-0.25, -0.2) is 0 Å². The predicted octanol–water partition coefficient (Wildman–Crippen LogP) is 1.79. The quantitative estimate of drug-likeness (QED) is 0.625. The van der Waals surface area contributed by atoms with Crippen molar-refractivity contribution in [2.75, 3.05) is 41.0 Å². The smallest absolute Gasteiger partial charge is 0.251 e. The zero-order valence-electron chi connectivity index (χ0n) is 17.7. The van der Waals surface area contributed by atoms with Crippen LogP contribution in [0.1, 0.15) is 16.8 Å². The summed E-state index contributed by atoms with van der Waals surface area (Å²) in [6, 6.07) is 10.5. The third kappa shape index (κ3) is 5.50. The molecule has 2 aromatic carbocycles. The first kappa shape index (κ1) is 22.1. The molecule has 0 bridgehead atoms. The van der Waals surface area contributed by atoms with Gasteiger partial charge in [-0.15, -0.1) is 0 Å². The van der Waals surface area contributed by atoms with Crippen molar-refractivity contribution in [3.63, 3.8) is 0 Å². The second-order valence-corrected chi connectivity index (χ2v) is 6.72. The van der Waals surface area contributed by atoms with Gasteiger partial charge in [-0.2, -0.15) is 0 Å². The van der Waals surface area contributed by atoms with Crippen molar-refractivity contribution < 1.29 is 33.3 Å². The summed E-state index contributed by atoms with van der Waals surface area (Å²) < 4.78 is 27.2. The van der Waals surface area contributed by atoms with Crippen molar-refractivity contribution >= 4 is 11.8 Å². The summed E-state index contributed by atoms with van der Waals surface area (Å²) in [5, 5.41) is 5.51. The largest absolute Gasteiger partial charge is 0.493 e. The van der Waals surface area contributed by atoms with Crippen LogP contribution in [0, 0.1) is 0 Å². The number of fused-ring (bicyclic) bond motifs is 1. The minimum atomic E-state index is -0.354. The molecule has 1 aliphatic rings. The van der Waals surface area contributed by atoms with Crippen LogP contribution in [0.5, 0.6) is 28.7 Å². The van der Waals surface area contributed by atoms with Crippen LogP contribution in [0.15, 0.2) is 36.4 Å². The van der Waals surface area contributed by atoms with E-state index in [1.165, 1.54) is 21.3 Å². The van der Waals surface area contributed by atoms with Crippen LogP contribution >= 0.6 is 0 Å². The molecule has 0 fully saturated rings. The maximum Gasteiger partial charge on any atom is 0.251 e. The molecule has 0 saturated heterocycles. The lowest BCUT2D eigenvalue weighted by atomic mass is 10.1. The number of hydrogen-bond donors (Lipinski definition) is 2. The predicted molar refractivity (Wildman–Crippen MR) is 112 cm³/mol. The molecular weight excluding hydrogens is 404 g/mol. The third-order valence-electron chi connectivity index (χ3n) is 4.66. The highest BCUT2D eigenvalue weighted by atomic mass is 16.6. The van der Waals surface area contributed by atoms with Crippen molar-refractivity contribution in [3.05, 3.63) is 42.0 Å². The Morgan fingerprint density at radius 1 is 1.00 bits per heavy atom. The minimum absolute atomic E-state index is 0.125. The molecule has 1 heterocycles. The molecule has 9 heteroatoms.